The summed E-state index contributed by atoms with van der Waals surface area (Å²) < 4.78 is 5.32. The van der Waals surface area contributed by atoms with Crippen molar-refractivity contribution in [3.8, 4) is 0 Å². The first-order valence-corrected chi connectivity index (χ1v) is 6.83. The van der Waals surface area contributed by atoms with Gasteiger partial charge in [-0.1, -0.05) is 0 Å². The van der Waals surface area contributed by atoms with Crippen molar-refractivity contribution in [2.45, 2.75) is 32.1 Å². The first-order valence-electron chi connectivity index (χ1n) is 6.83. The normalized spacial score (nSPS) is 16.2. The molecule has 0 radical (unpaired) electrons. The molecule has 1 aliphatic heterocycles. The fourth-order valence-electron chi connectivity index (χ4n) is 2.29. The summed E-state index contributed by atoms with van der Waals surface area (Å²) in [6.07, 6.45) is 6.43. The summed E-state index contributed by atoms with van der Waals surface area (Å²) in [5, 5.41) is 2.83. The second kappa shape index (κ2) is 7.09. The Morgan fingerprint density at radius 3 is 2.89 bits per heavy atom. The Labute approximate surface area is 113 Å². The van der Waals surface area contributed by atoms with Crippen LogP contribution in [0.3, 0.4) is 0 Å². The first-order chi connectivity index (χ1) is 9.24. The maximum atomic E-state index is 11.7. The number of carbonyl (C=O) groups excluding carboxylic acids is 1. The number of nitrogens with two attached hydrogens (primary N) is 1. The standard InChI is InChI=1S/C14H21N3O2/c15-13-5-4-12(10-16-13)17-14(18)3-1-2-11-6-8-19-9-7-11/h4-5,10-11H,1-3,6-9H2,(H2,15,16)(H,17,18). The van der Waals surface area contributed by atoms with Crippen molar-refractivity contribution >= 4 is 17.4 Å². The maximum Gasteiger partial charge on any atom is 0.224 e. The number of anilines is 2. The number of nitrogens with zero attached hydrogens (tertiary/aromatic N) is 1. The molecule has 1 aromatic heterocycles. The molecule has 2 rings (SSSR count). The van der Waals surface area contributed by atoms with E-state index >= 15 is 0 Å². The zero-order chi connectivity index (χ0) is 13.5. The number of nitrogens with one attached hydrogen (secondary N) is 1. The smallest absolute Gasteiger partial charge is 0.224 e. The van der Waals surface area contributed by atoms with Gasteiger partial charge in [0.25, 0.3) is 0 Å². The third-order valence-corrected chi connectivity index (χ3v) is 3.43. The largest absolute Gasteiger partial charge is 0.384 e. The van der Waals surface area contributed by atoms with E-state index in [4.69, 9.17) is 10.5 Å². The van der Waals surface area contributed by atoms with E-state index in [-0.39, 0.29) is 5.91 Å². The molecule has 0 saturated carbocycles. The van der Waals surface area contributed by atoms with E-state index in [1.165, 1.54) is 0 Å². The van der Waals surface area contributed by atoms with Gasteiger partial charge in [-0.05, 0) is 43.7 Å². The number of amides is 1. The highest BCUT2D eigenvalue weighted by atomic mass is 16.5. The van der Waals surface area contributed by atoms with Crippen molar-refractivity contribution in [2.75, 3.05) is 24.3 Å². The molecule has 5 heteroatoms. The van der Waals surface area contributed by atoms with E-state index in [1.54, 1.807) is 18.3 Å². The molecule has 0 atom stereocenters. The quantitative estimate of drug-likeness (QED) is 0.853. The Morgan fingerprint density at radius 1 is 1.42 bits per heavy atom. The molecule has 3 N–H and O–H groups in total. The van der Waals surface area contributed by atoms with Gasteiger partial charge in [-0.3, -0.25) is 4.79 Å². The Balaban J connectivity index is 1.65. The summed E-state index contributed by atoms with van der Waals surface area (Å²) in [7, 11) is 0. The highest BCUT2D eigenvalue weighted by Crippen LogP contribution is 2.20. The summed E-state index contributed by atoms with van der Waals surface area (Å²) in [4.78, 5) is 15.7. The Kier molecular flexibility index (Phi) is 5.15. The molecule has 0 bridgehead atoms. The maximum absolute atomic E-state index is 11.7. The lowest BCUT2D eigenvalue weighted by molar-refractivity contribution is -0.116. The van der Waals surface area contributed by atoms with Crippen LogP contribution in [0.5, 0.6) is 0 Å². The molecular weight excluding hydrogens is 242 g/mol. The van der Waals surface area contributed by atoms with Crippen molar-refractivity contribution in [3.05, 3.63) is 18.3 Å². The van der Waals surface area contributed by atoms with E-state index in [9.17, 15) is 4.79 Å². The fourth-order valence-corrected chi connectivity index (χ4v) is 2.29. The molecule has 0 aliphatic carbocycles. The number of nitrogen functional groups attached to an aromatic ring is 1. The molecule has 1 aliphatic rings. The second-order valence-electron chi connectivity index (χ2n) is 4.97. The summed E-state index contributed by atoms with van der Waals surface area (Å²) in [6.45, 7) is 1.74. The van der Waals surface area contributed by atoms with Crippen LogP contribution in [0.1, 0.15) is 32.1 Å². The minimum Gasteiger partial charge on any atom is -0.384 e. The molecule has 2 heterocycles. The van der Waals surface area contributed by atoms with Crippen molar-refractivity contribution in [1.29, 1.82) is 0 Å². The molecule has 5 nitrogen and oxygen atoms in total. The number of carbonyl (C=O) groups is 1. The minimum atomic E-state index is 0.0404. The van der Waals surface area contributed by atoms with Gasteiger partial charge in [0.2, 0.25) is 5.91 Å². The average Bonchev–Trinajstić information content (AvgIpc) is 2.43. The van der Waals surface area contributed by atoms with Crippen molar-refractivity contribution < 1.29 is 9.53 Å². The van der Waals surface area contributed by atoms with Gasteiger partial charge in [0.05, 0.1) is 11.9 Å². The number of ether oxygens (including phenoxy) is 1. The minimum absolute atomic E-state index is 0.0404. The number of pyridine rings is 1. The Hall–Kier alpha value is -1.62. The van der Waals surface area contributed by atoms with E-state index in [2.05, 4.69) is 10.3 Å². The van der Waals surface area contributed by atoms with Crippen LogP contribution in [0.4, 0.5) is 11.5 Å². The van der Waals surface area contributed by atoms with Crippen LogP contribution in [0.15, 0.2) is 18.3 Å². The molecule has 1 aromatic rings. The van der Waals surface area contributed by atoms with E-state index in [0.717, 1.165) is 44.8 Å². The first kappa shape index (κ1) is 13.8. The molecule has 0 unspecified atom stereocenters. The Morgan fingerprint density at radius 2 is 2.21 bits per heavy atom. The van der Waals surface area contributed by atoms with Crippen LogP contribution in [0.25, 0.3) is 0 Å². The van der Waals surface area contributed by atoms with Crippen LogP contribution in [-0.2, 0) is 9.53 Å². The van der Waals surface area contributed by atoms with Gasteiger partial charge < -0.3 is 15.8 Å². The van der Waals surface area contributed by atoms with E-state index in [1.807, 2.05) is 0 Å². The number of hydrogen-bond acceptors (Lipinski definition) is 4. The van der Waals surface area contributed by atoms with Crippen LogP contribution in [-0.4, -0.2) is 24.1 Å². The summed E-state index contributed by atoms with van der Waals surface area (Å²) in [5.41, 5.74) is 6.19. The highest BCUT2D eigenvalue weighted by Gasteiger charge is 2.13. The third kappa shape index (κ3) is 4.87. The van der Waals surface area contributed by atoms with Crippen molar-refractivity contribution in [3.63, 3.8) is 0 Å². The van der Waals surface area contributed by atoms with E-state index in [0.29, 0.717) is 17.9 Å². The monoisotopic (exact) mass is 263 g/mol. The molecular formula is C14H21N3O2. The molecule has 0 aromatic carbocycles. The number of aromatic nitrogens is 1. The molecule has 1 amide bonds. The molecule has 104 valence electrons. The lowest BCUT2D eigenvalue weighted by atomic mass is 9.94. The highest BCUT2D eigenvalue weighted by molar-refractivity contribution is 5.90. The lowest BCUT2D eigenvalue weighted by Gasteiger charge is -2.21. The molecule has 0 spiro atoms. The fraction of sp³-hybridized carbons (Fsp3) is 0.571. The predicted octanol–water partition coefficient (Wildman–Crippen LogP) is 2.20. The number of hydrogen-bond donors (Lipinski definition) is 2. The SMILES string of the molecule is Nc1ccc(NC(=O)CCCC2CCOCC2)cn1. The molecule has 1 fully saturated rings. The van der Waals surface area contributed by atoms with Crippen LogP contribution >= 0.6 is 0 Å². The third-order valence-electron chi connectivity index (χ3n) is 3.43. The molecule has 19 heavy (non-hydrogen) atoms. The summed E-state index contributed by atoms with van der Waals surface area (Å²) >= 11 is 0. The zero-order valence-corrected chi connectivity index (χ0v) is 11.1. The topological polar surface area (TPSA) is 77.2 Å². The Bertz CT molecular complexity index is 400. The second-order valence-corrected chi connectivity index (χ2v) is 4.97. The van der Waals surface area contributed by atoms with Gasteiger partial charge in [0, 0.05) is 19.6 Å². The van der Waals surface area contributed by atoms with Gasteiger partial charge in [-0.2, -0.15) is 0 Å². The van der Waals surface area contributed by atoms with Crippen molar-refractivity contribution in [2.24, 2.45) is 5.92 Å². The van der Waals surface area contributed by atoms with Gasteiger partial charge in [-0.15, -0.1) is 0 Å². The zero-order valence-electron chi connectivity index (χ0n) is 11.1. The summed E-state index contributed by atoms with van der Waals surface area (Å²) in [5.74, 6) is 1.22. The van der Waals surface area contributed by atoms with Gasteiger partial charge in [0.15, 0.2) is 0 Å². The van der Waals surface area contributed by atoms with Crippen LogP contribution in [0, 0.1) is 5.92 Å². The van der Waals surface area contributed by atoms with Gasteiger partial charge in [0.1, 0.15) is 5.82 Å². The lowest BCUT2D eigenvalue weighted by Crippen LogP contribution is -2.17. The van der Waals surface area contributed by atoms with Crippen LogP contribution in [0.2, 0.25) is 0 Å². The molecule has 1 saturated heterocycles. The summed E-state index contributed by atoms with van der Waals surface area (Å²) in [6, 6.07) is 3.44. The predicted molar refractivity (Wildman–Crippen MR) is 74.7 cm³/mol. The van der Waals surface area contributed by atoms with Gasteiger partial charge in [-0.25, -0.2) is 4.98 Å². The average molecular weight is 263 g/mol. The number of rotatable bonds is 5. The van der Waals surface area contributed by atoms with Crippen LogP contribution < -0.4 is 11.1 Å². The van der Waals surface area contributed by atoms with Gasteiger partial charge >= 0.3 is 0 Å². The van der Waals surface area contributed by atoms with E-state index < -0.39 is 0 Å². The van der Waals surface area contributed by atoms with Crippen molar-refractivity contribution in [1.82, 2.24) is 4.98 Å².